The van der Waals surface area contributed by atoms with Crippen molar-refractivity contribution in [1.82, 2.24) is 10.3 Å². The average molecular weight is 464 g/mol. The third kappa shape index (κ3) is 5.45. The zero-order chi connectivity index (χ0) is 23.2. The number of hydrogen-bond donors (Lipinski definition) is 2. The van der Waals surface area contributed by atoms with Crippen molar-refractivity contribution in [3.05, 3.63) is 76.0 Å². The number of para-hydroxylation sites is 2. The van der Waals surface area contributed by atoms with Gasteiger partial charge in [0.1, 0.15) is 11.3 Å². The van der Waals surface area contributed by atoms with Gasteiger partial charge in [0.05, 0.1) is 18.4 Å². The van der Waals surface area contributed by atoms with Crippen molar-refractivity contribution in [2.45, 2.75) is 19.4 Å². The van der Waals surface area contributed by atoms with Gasteiger partial charge in [0.15, 0.2) is 5.13 Å². The van der Waals surface area contributed by atoms with E-state index in [9.17, 15) is 14.4 Å². The maximum absolute atomic E-state index is 12.3. The molecule has 33 heavy (non-hydrogen) atoms. The summed E-state index contributed by atoms with van der Waals surface area (Å²) < 4.78 is 10.6. The molecule has 9 heteroatoms. The molecule has 0 atom stereocenters. The first kappa shape index (κ1) is 22.2. The molecule has 0 fully saturated rings. The fourth-order valence-electron chi connectivity index (χ4n) is 3.24. The molecule has 2 heterocycles. The van der Waals surface area contributed by atoms with Crippen LogP contribution in [0.4, 0.5) is 5.13 Å². The number of carbonyl (C=O) groups excluding carboxylic acids is 2. The molecular formula is C24H21N3O5S. The summed E-state index contributed by atoms with van der Waals surface area (Å²) in [5, 5.41) is 8.26. The summed E-state index contributed by atoms with van der Waals surface area (Å²) in [4.78, 5) is 41.0. The molecular weight excluding hydrogens is 442 g/mol. The highest BCUT2D eigenvalue weighted by Gasteiger charge is 2.14. The van der Waals surface area contributed by atoms with Crippen LogP contribution < -0.4 is 21.0 Å². The van der Waals surface area contributed by atoms with Gasteiger partial charge in [0.2, 0.25) is 11.8 Å². The van der Waals surface area contributed by atoms with Crippen LogP contribution in [0.1, 0.15) is 18.4 Å². The van der Waals surface area contributed by atoms with Gasteiger partial charge in [-0.15, -0.1) is 11.3 Å². The van der Waals surface area contributed by atoms with Crippen molar-refractivity contribution in [2.75, 3.05) is 12.4 Å². The first-order chi connectivity index (χ1) is 16.0. The molecule has 0 saturated carbocycles. The van der Waals surface area contributed by atoms with Crippen LogP contribution in [0.2, 0.25) is 0 Å². The van der Waals surface area contributed by atoms with Crippen molar-refractivity contribution < 1.29 is 18.7 Å². The lowest BCUT2D eigenvalue weighted by Crippen LogP contribution is -2.24. The topological polar surface area (TPSA) is 111 Å². The number of fused-ring (bicyclic) bond motifs is 1. The van der Waals surface area contributed by atoms with Gasteiger partial charge in [0.25, 0.3) is 0 Å². The SMILES string of the molecule is COc1ccccc1CNC(=O)CCC(=O)Nc1nc(-c2cc3ccccc3oc2=O)cs1. The van der Waals surface area contributed by atoms with E-state index < -0.39 is 5.63 Å². The number of carbonyl (C=O) groups is 2. The van der Waals surface area contributed by atoms with E-state index in [-0.39, 0.29) is 24.7 Å². The second-order valence-corrected chi connectivity index (χ2v) is 8.02. The molecule has 0 bridgehead atoms. The van der Waals surface area contributed by atoms with Gasteiger partial charge in [-0.05, 0) is 18.2 Å². The number of methoxy groups -OCH3 is 1. The molecule has 2 aromatic carbocycles. The van der Waals surface area contributed by atoms with Crippen LogP contribution in [0.3, 0.4) is 0 Å². The number of nitrogens with one attached hydrogen (secondary N) is 2. The molecule has 0 aliphatic carbocycles. The number of benzene rings is 2. The Bertz CT molecular complexity index is 1360. The molecule has 8 nitrogen and oxygen atoms in total. The van der Waals surface area contributed by atoms with Crippen LogP contribution in [-0.2, 0) is 16.1 Å². The summed E-state index contributed by atoms with van der Waals surface area (Å²) in [6.07, 6.45) is 0.0399. The first-order valence-corrected chi connectivity index (χ1v) is 11.1. The Morgan fingerprint density at radius 3 is 2.67 bits per heavy atom. The summed E-state index contributed by atoms with van der Waals surface area (Å²) in [6.45, 7) is 0.314. The number of hydrogen-bond acceptors (Lipinski definition) is 7. The molecule has 2 aromatic heterocycles. The number of rotatable bonds is 8. The highest BCUT2D eigenvalue weighted by Crippen LogP contribution is 2.25. The number of thiazole rings is 1. The normalized spacial score (nSPS) is 10.7. The smallest absolute Gasteiger partial charge is 0.345 e. The van der Waals surface area contributed by atoms with Gasteiger partial charge < -0.3 is 19.8 Å². The van der Waals surface area contributed by atoms with E-state index in [2.05, 4.69) is 15.6 Å². The lowest BCUT2D eigenvalue weighted by Gasteiger charge is -2.09. The Balaban J connectivity index is 1.31. The van der Waals surface area contributed by atoms with E-state index in [0.29, 0.717) is 34.3 Å². The monoisotopic (exact) mass is 463 g/mol. The minimum absolute atomic E-state index is 0.00475. The Kier molecular flexibility index (Phi) is 6.80. The average Bonchev–Trinajstić information content (AvgIpc) is 3.29. The largest absolute Gasteiger partial charge is 0.496 e. The van der Waals surface area contributed by atoms with Gasteiger partial charge in [0, 0.05) is 35.7 Å². The second kappa shape index (κ2) is 10.1. The molecule has 2 N–H and O–H groups in total. The van der Waals surface area contributed by atoms with Crippen molar-refractivity contribution >= 4 is 39.3 Å². The summed E-state index contributed by atoms with van der Waals surface area (Å²) in [5.41, 5.74) is 1.60. The molecule has 0 spiro atoms. The Morgan fingerprint density at radius 2 is 1.82 bits per heavy atom. The van der Waals surface area contributed by atoms with Gasteiger partial charge in [-0.3, -0.25) is 9.59 Å². The first-order valence-electron chi connectivity index (χ1n) is 10.2. The lowest BCUT2D eigenvalue weighted by molar-refractivity contribution is -0.124. The van der Waals surface area contributed by atoms with Crippen LogP contribution in [-0.4, -0.2) is 23.9 Å². The highest BCUT2D eigenvalue weighted by molar-refractivity contribution is 7.14. The minimum atomic E-state index is -0.497. The number of amides is 2. The Morgan fingerprint density at radius 1 is 1.06 bits per heavy atom. The van der Waals surface area contributed by atoms with Gasteiger partial charge in [-0.25, -0.2) is 9.78 Å². The van der Waals surface area contributed by atoms with Crippen molar-refractivity contribution in [3.8, 4) is 17.0 Å². The van der Waals surface area contributed by atoms with Crippen LogP contribution in [0.25, 0.3) is 22.2 Å². The van der Waals surface area contributed by atoms with Crippen LogP contribution in [0, 0.1) is 0 Å². The predicted molar refractivity (Wildman–Crippen MR) is 126 cm³/mol. The minimum Gasteiger partial charge on any atom is -0.496 e. The summed E-state index contributed by atoms with van der Waals surface area (Å²) in [7, 11) is 1.57. The maximum atomic E-state index is 12.3. The number of ether oxygens (including phenoxy) is 1. The molecule has 0 aliphatic rings. The maximum Gasteiger partial charge on any atom is 0.345 e. The van der Waals surface area contributed by atoms with E-state index in [0.717, 1.165) is 10.9 Å². The van der Waals surface area contributed by atoms with Crippen molar-refractivity contribution in [1.29, 1.82) is 0 Å². The van der Waals surface area contributed by atoms with Gasteiger partial charge in [-0.2, -0.15) is 0 Å². The lowest BCUT2D eigenvalue weighted by atomic mass is 10.1. The fraction of sp³-hybridized carbons (Fsp3) is 0.167. The summed E-state index contributed by atoms with van der Waals surface area (Å²) >= 11 is 1.19. The highest BCUT2D eigenvalue weighted by atomic mass is 32.1. The van der Waals surface area contributed by atoms with Gasteiger partial charge in [-0.1, -0.05) is 36.4 Å². The van der Waals surface area contributed by atoms with Crippen LogP contribution in [0.15, 0.2) is 69.2 Å². The Labute approximate surface area is 193 Å². The standard InChI is InChI=1S/C24H21N3O5S/c1-31-19-8-4-3-7-16(19)13-25-21(28)10-11-22(29)27-24-26-18(14-33-24)17-12-15-6-2-5-9-20(15)32-23(17)30/h2-9,12,14H,10-11,13H2,1H3,(H,25,28)(H,26,27,29). The van der Waals surface area contributed by atoms with Crippen LogP contribution >= 0.6 is 11.3 Å². The molecule has 4 aromatic rings. The number of nitrogens with zero attached hydrogens (tertiary/aromatic N) is 1. The van der Waals surface area contributed by atoms with E-state index >= 15 is 0 Å². The predicted octanol–water partition coefficient (Wildman–Crippen LogP) is 3.96. The van der Waals surface area contributed by atoms with E-state index in [1.54, 1.807) is 30.7 Å². The second-order valence-electron chi connectivity index (χ2n) is 7.16. The van der Waals surface area contributed by atoms with Crippen LogP contribution in [0.5, 0.6) is 5.75 Å². The molecule has 0 unspecified atom stereocenters. The summed E-state index contributed by atoms with van der Waals surface area (Å²) in [6, 6.07) is 16.3. The van der Waals surface area contributed by atoms with E-state index in [4.69, 9.17) is 9.15 Å². The van der Waals surface area contributed by atoms with Gasteiger partial charge >= 0.3 is 5.63 Å². The quantitative estimate of drug-likeness (QED) is 0.383. The molecule has 0 aliphatic heterocycles. The third-order valence-electron chi connectivity index (χ3n) is 4.92. The molecule has 0 saturated heterocycles. The molecule has 2 amide bonds. The zero-order valence-electron chi connectivity index (χ0n) is 17.8. The van der Waals surface area contributed by atoms with Crippen molar-refractivity contribution in [2.24, 2.45) is 0 Å². The zero-order valence-corrected chi connectivity index (χ0v) is 18.6. The molecule has 4 rings (SSSR count). The Hall–Kier alpha value is -3.98. The molecule has 0 radical (unpaired) electrons. The summed E-state index contributed by atoms with van der Waals surface area (Å²) in [5.74, 6) is 0.106. The van der Waals surface area contributed by atoms with E-state index in [1.807, 2.05) is 36.4 Å². The fourth-order valence-corrected chi connectivity index (χ4v) is 3.96. The molecule has 168 valence electrons. The van der Waals surface area contributed by atoms with E-state index in [1.165, 1.54) is 11.3 Å². The number of anilines is 1. The number of aromatic nitrogens is 1. The van der Waals surface area contributed by atoms with Crippen molar-refractivity contribution in [3.63, 3.8) is 0 Å². The third-order valence-corrected chi connectivity index (χ3v) is 5.67.